The highest BCUT2D eigenvalue weighted by Gasteiger charge is 2.31. The average Bonchev–Trinajstić information content (AvgIpc) is 2.43. The van der Waals surface area contributed by atoms with Crippen LogP contribution in [-0.2, 0) is 14.3 Å². The van der Waals surface area contributed by atoms with Crippen LogP contribution < -0.4 is 5.32 Å². The van der Waals surface area contributed by atoms with Crippen molar-refractivity contribution in [3.05, 3.63) is 0 Å². The molecule has 19 heavy (non-hydrogen) atoms. The lowest BCUT2D eigenvalue weighted by Crippen LogP contribution is -2.53. The van der Waals surface area contributed by atoms with Crippen molar-refractivity contribution < 1.29 is 14.3 Å². The summed E-state index contributed by atoms with van der Waals surface area (Å²) in [6, 6.07) is -0.166. The maximum absolute atomic E-state index is 12.5. The third-order valence-corrected chi connectivity index (χ3v) is 3.82. The van der Waals surface area contributed by atoms with E-state index in [-0.39, 0.29) is 30.5 Å². The summed E-state index contributed by atoms with van der Waals surface area (Å²) in [5.41, 5.74) is 0. The van der Waals surface area contributed by atoms with Crippen molar-refractivity contribution in [2.45, 2.75) is 52.1 Å². The molecule has 0 aliphatic carbocycles. The molecule has 0 radical (unpaired) electrons. The Kier molecular flexibility index (Phi) is 6.28. The topological polar surface area (TPSA) is 58.6 Å². The first-order valence-corrected chi connectivity index (χ1v) is 7.10. The summed E-state index contributed by atoms with van der Waals surface area (Å²) in [5.74, 6) is 0.241. The van der Waals surface area contributed by atoms with Crippen LogP contribution in [0.1, 0.15) is 40.0 Å². The van der Waals surface area contributed by atoms with Crippen molar-refractivity contribution in [2.24, 2.45) is 5.92 Å². The van der Waals surface area contributed by atoms with Gasteiger partial charge in [0.25, 0.3) is 0 Å². The van der Waals surface area contributed by atoms with Crippen LogP contribution in [0.4, 0.5) is 0 Å². The summed E-state index contributed by atoms with van der Waals surface area (Å²) in [7, 11) is 1.34. The molecule has 1 saturated heterocycles. The Balaban J connectivity index is 2.67. The number of hydrogen-bond acceptors (Lipinski definition) is 4. The molecular formula is C14H26N2O3. The number of nitrogens with zero attached hydrogens (tertiary/aromatic N) is 1. The van der Waals surface area contributed by atoms with E-state index in [2.05, 4.69) is 17.0 Å². The normalized spacial score (nSPS) is 23.2. The third kappa shape index (κ3) is 4.49. The third-order valence-electron chi connectivity index (χ3n) is 3.82. The Bertz CT molecular complexity index is 318. The number of carbonyl (C=O) groups excluding carboxylic acids is 2. The number of ether oxygens (including phenoxy) is 1. The quantitative estimate of drug-likeness (QED) is 0.762. The molecule has 1 heterocycles. The van der Waals surface area contributed by atoms with Gasteiger partial charge in [-0.05, 0) is 39.2 Å². The zero-order valence-electron chi connectivity index (χ0n) is 12.4. The fourth-order valence-electron chi connectivity index (χ4n) is 2.47. The van der Waals surface area contributed by atoms with E-state index in [1.807, 2.05) is 13.8 Å². The molecular weight excluding hydrogens is 244 g/mol. The van der Waals surface area contributed by atoms with Gasteiger partial charge >= 0.3 is 5.97 Å². The van der Waals surface area contributed by atoms with E-state index in [4.69, 9.17) is 0 Å². The van der Waals surface area contributed by atoms with Gasteiger partial charge in [0.2, 0.25) is 5.91 Å². The van der Waals surface area contributed by atoms with Gasteiger partial charge in [0.05, 0.1) is 13.2 Å². The number of amides is 1. The lowest BCUT2D eigenvalue weighted by atomic mass is 9.89. The molecule has 2 atom stereocenters. The van der Waals surface area contributed by atoms with Gasteiger partial charge in [0.1, 0.15) is 6.54 Å². The SMILES string of the molecule is CCC1CCNC(C(=O)N(CC(=O)OC)C(C)C)C1. The van der Waals surface area contributed by atoms with Crippen LogP contribution in [0, 0.1) is 5.92 Å². The largest absolute Gasteiger partial charge is 0.468 e. The van der Waals surface area contributed by atoms with E-state index < -0.39 is 0 Å². The van der Waals surface area contributed by atoms with E-state index in [1.165, 1.54) is 7.11 Å². The molecule has 110 valence electrons. The Hall–Kier alpha value is -1.10. The number of hydrogen-bond donors (Lipinski definition) is 1. The lowest BCUT2D eigenvalue weighted by molar-refractivity contribution is -0.149. The maximum Gasteiger partial charge on any atom is 0.325 e. The second-order valence-corrected chi connectivity index (χ2v) is 5.44. The summed E-state index contributed by atoms with van der Waals surface area (Å²) in [6.45, 7) is 6.90. The highest BCUT2D eigenvalue weighted by atomic mass is 16.5. The molecule has 0 bridgehead atoms. The monoisotopic (exact) mass is 270 g/mol. The molecule has 0 aromatic carbocycles. The highest BCUT2D eigenvalue weighted by molar-refractivity contribution is 5.86. The van der Waals surface area contributed by atoms with E-state index in [1.54, 1.807) is 4.90 Å². The fourth-order valence-corrected chi connectivity index (χ4v) is 2.47. The van der Waals surface area contributed by atoms with Gasteiger partial charge in [-0.1, -0.05) is 13.3 Å². The van der Waals surface area contributed by atoms with Gasteiger partial charge in [-0.25, -0.2) is 0 Å². The highest BCUT2D eigenvalue weighted by Crippen LogP contribution is 2.21. The molecule has 0 saturated carbocycles. The molecule has 2 unspecified atom stereocenters. The summed E-state index contributed by atoms with van der Waals surface area (Å²) in [5, 5.41) is 3.27. The van der Waals surface area contributed by atoms with Crippen LogP contribution in [-0.4, -0.2) is 49.1 Å². The average molecular weight is 270 g/mol. The number of nitrogens with one attached hydrogen (secondary N) is 1. The number of piperidine rings is 1. The molecule has 1 fully saturated rings. The van der Waals surface area contributed by atoms with Crippen LogP contribution in [0.2, 0.25) is 0 Å². The minimum Gasteiger partial charge on any atom is -0.468 e. The zero-order valence-corrected chi connectivity index (χ0v) is 12.4. The Morgan fingerprint density at radius 1 is 1.42 bits per heavy atom. The van der Waals surface area contributed by atoms with Gasteiger partial charge in [0.15, 0.2) is 0 Å². The molecule has 0 aromatic heterocycles. The standard InChI is InChI=1S/C14H26N2O3/c1-5-11-6-7-15-12(8-11)14(18)16(10(2)3)9-13(17)19-4/h10-12,15H,5-9H2,1-4H3. The van der Waals surface area contributed by atoms with Crippen LogP contribution >= 0.6 is 0 Å². The zero-order chi connectivity index (χ0) is 14.4. The first-order chi connectivity index (χ1) is 8.99. The summed E-state index contributed by atoms with van der Waals surface area (Å²) < 4.78 is 4.66. The van der Waals surface area contributed by atoms with E-state index in [0.29, 0.717) is 5.92 Å². The van der Waals surface area contributed by atoms with Crippen molar-refractivity contribution in [1.82, 2.24) is 10.2 Å². The van der Waals surface area contributed by atoms with Gasteiger partial charge in [-0.2, -0.15) is 0 Å². The predicted octanol–water partition coefficient (Wildman–Crippen LogP) is 1.17. The summed E-state index contributed by atoms with van der Waals surface area (Å²) in [4.78, 5) is 25.5. The Morgan fingerprint density at radius 2 is 2.11 bits per heavy atom. The number of methoxy groups -OCH3 is 1. The van der Waals surface area contributed by atoms with E-state index in [0.717, 1.165) is 25.8 Å². The van der Waals surface area contributed by atoms with Crippen LogP contribution in [0.5, 0.6) is 0 Å². The minimum atomic E-state index is -0.370. The molecule has 1 N–H and O–H groups in total. The molecule has 5 heteroatoms. The number of carbonyl (C=O) groups is 2. The summed E-state index contributed by atoms with van der Waals surface area (Å²) >= 11 is 0. The maximum atomic E-state index is 12.5. The molecule has 1 aliphatic heterocycles. The van der Waals surface area contributed by atoms with Gasteiger partial charge in [-0.15, -0.1) is 0 Å². The van der Waals surface area contributed by atoms with Crippen molar-refractivity contribution >= 4 is 11.9 Å². The second-order valence-electron chi connectivity index (χ2n) is 5.44. The Morgan fingerprint density at radius 3 is 2.63 bits per heavy atom. The molecule has 1 aliphatic rings. The van der Waals surface area contributed by atoms with Crippen LogP contribution in [0.25, 0.3) is 0 Å². The van der Waals surface area contributed by atoms with Crippen molar-refractivity contribution in [3.63, 3.8) is 0 Å². The first kappa shape index (κ1) is 16.0. The predicted molar refractivity (Wildman–Crippen MR) is 73.7 cm³/mol. The lowest BCUT2D eigenvalue weighted by Gasteiger charge is -2.34. The van der Waals surface area contributed by atoms with Crippen molar-refractivity contribution in [1.29, 1.82) is 0 Å². The van der Waals surface area contributed by atoms with Gasteiger partial charge < -0.3 is 15.0 Å². The molecule has 0 aromatic rings. The summed E-state index contributed by atoms with van der Waals surface area (Å²) in [6.07, 6.45) is 3.09. The first-order valence-electron chi connectivity index (χ1n) is 7.10. The minimum absolute atomic E-state index is 0.00426. The van der Waals surface area contributed by atoms with Crippen LogP contribution in [0.3, 0.4) is 0 Å². The fraction of sp³-hybridized carbons (Fsp3) is 0.857. The van der Waals surface area contributed by atoms with E-state index >= 15 is 0 Å². The van der Waals surface area contributed by atoms with Crippen LogP contribution in [0.15, 0.2) is 0 Å². The molecule has 0 spiro atoms. The van der Waals surface area contributed by atoms with Gasteiger partial charge in [-0.3, -0.25) is 9.59 Å². The van der Waals surface area contributed by atoms with E-state index in [9.17, 15) is 9.59 Å². The number of esters is 1. The Labute approximate surface area is 115 Å². The smallest absolute Gasteiger partial charge is 0.325 e. The second kappa shape index (κ2) is 7.48. The van der Waals surface area contributed by atoms with Gasteiger partial charge in [0, 0.05) is 6.04 Å². The number of rotatable bonds is 5. The molecule has 1 amide bonds. The molecule has 5 nitrogen and oxygen atoms in total. The van der Waals surface area contributed by atoms with Crippen molar-refractivity contribution in [2.75, 3.05) is 20.2 Å². The molecule has 1 rings (SSSR count). The van der Waals surface area contributed by atoms with Crippen molar-refractivity contribution in [3.8, 4) is 0 Å².